The van der Waals surface area contributed by atoms with Crippen molar-refractivity contribution in [2.75, 3.05) is 11.9 Å². The number of nitro groups is 2. The fourth-order valence-electron chi connectivity index (χ4n) is 1.35. The van der Waals surface area contributed by atoms with Crippen LogP contribution in [0.4, 0.5) is 5.95 Å². The van der Waals surface area contributed by atoms with E-state index in [-0.39, 0.29) is 11.6 Å². The molecule has 16 heavy (non-hydrogen) atoms. The largest absolute Gasteiger partial charge is 0.324 e. The van der Waals surface area contributed by atoms with Crippen LogP contribution in [-0.4, -0.2) is 36.6 Å². The number of anilines is 1. The first-order valence-corrected chi connectivity index (χ1v) is 4.10. The molecule has 0 bridgehead atoms. The first-order chi connectivity index (χ1) is 7.59. The van der Waals surface area contributed by atoms with Crippen molar-refractivity contribution in [3.05, 3.63) is 32.1 Å². The van der Waals surface area contributed by atoms with Crippen LogP contribution in [0.2, 0.25) is 0 Å². The lowest BCUT2D eigenvalue weighted by Crippen LogP contribution is -2.29. The topological polar surface area (TPSA) is 142 Å². The second kappa shape index (κ2) is 3.52. The van der Waals surface area contributed by atoms with Gasteiger partial charge >= 0.3 is 0 Å². The number of fused-ring (bicyclic) bond motifs is 1. The number of aromatic nitrogens is 4. The van der Waals surface area contributed by atoms with Crippen LogP contribution in [0.1, 0.15) is 6.04 Å². The Morgan fingerprint density at radius 2 is 2.25 bits per heavy atom. The van der Waals surface area contributed by atoms with Gasteiger partial charge in [0, 0.05) is 4.92 Å². The highest BCUT2D eigenvalue weighted by atomic mass is 16.6. The molecule has 0 radical (unpaired) electrons. The zero-order chi connectivity index (χ0) is 11.7. The average molecular weight is 227 g/mol. The minimum atomic E-state index is -1.10. The van der Waals surface area contributed by atoms with Gasteiger partial charge in [-0.05, 0) is 10.4 Å². The van der Waals surface area contributed by atoms with Crippen molar-refractivity contribution in [1.82, 2.24) is 20.2 Å². The van der Waals surface area contributed by atoms with Crippen LogP contribution < -0.4 is 5.32 Å². The summed E-state index contributed by atoms with van der Waals surface area (Å²) in [6.07, 6.45) is 1.06. The van der Waals surface area contributed by atoms with E-state index in [4.69, 9.17) is 0 Å². The Hall–Kier alpha value is -2.59. The predicted molar refractivity (Wildman–Crippen MR) is 47.4 cm³/mol. The number of hydrogen-bond donors (Lipinski definition) is 1. The molecule has 1 atom stereocenters. The van der Waals surface area contributed by atoms with E-state index < -0.39 is 22.4 Å². The van der Waals surface area contributed by atoms with Gasteiger partial charge in [-0.3, -0.25) is 20.2 Å². The molecule has 0 spiro atoms. The monoisotopic (exact) mass is 227 g/mol. The van der Waals surface area contributed by atoms with E-state index in [1.807, 2.05) is 0 Å². The fraction of sp³-hybridized carbons (Fsp3) is 0.400. The molecule has 1 unspecified atom stereocenters. The van der Waals surface area contributed by atoms with Crippen LogP contribution in [0.25, 0.3) is 0 Å². The first kappa shape index (κ1) is 9.95. The van der Waals surface area contributed by atoms with Crippen molar-refractivity contribution in [2.45, 2.75) is 6.04 Å². The molecule has 0 saturated heterocycles. The quantitative estimate of drug-likeness (QED) is 0.513. The summed E-state index contributed by atoms with van der Waals surface area (Å²) in [4.78, 5) is 19.7. The lowest BCUT2D eigenvalue weighted by molar-refractivity contribution is -0.498. The van der Waals surface area contributed by atoms with E-state index in [9.17, 15) is 20.2 Å². The van der Waals surface area contributed by atoms with Gasteiger partial charge in [0.15, 0.2) is 0 Å². The van der Waals surface area contributed by atoms with Gasteiger partial charge in [0.25, 0.3) is 5.70 Å². The van der Waals surface area contributed by atoms with Gasteiger partial charge in [0.2, 0.25) is 18.5 Å². The van der Waals surface area contributed by atoms with Gasteiger partial charge in [-0.25, -0.2) is 0 Å². The third kappa shape index (κ3) is 1.53. The maximum absolute atomic E-state index is 10.7. The maximum Gasteiger partial charge on any atom is 0.293 e. The normalized spacial score (nSPS) is 18.2. The lowest BCUT2D eigenvalue weighted by Gasteiger charge is -2.15. The van der Waals surface area contributed by atoms with Crippen molar-refractivity contribution in [1.29, 1.82) is 0 Å². The summed E-state index contributed by atoms with van der Waals surface area (Å²) >= 11 is 0. The van der Waals surface area contributed by atoms with Gasteiger partial charge in [-0.1, -0.05) is 5.10 Å². The van der Waals surface area contributed by atoms with Gasteiger partial charge in [0.1, 0.15) is 0 Å². The summed E-state index contributed by atoms with van der Waals surface area (Å²) in [6.45, 7) is -0.646. The molecule has 1 N–H and O–H groups in total. The molecule has 84 valence electrons. The third-order valence-electron chi connectivity index (χ3n) is 2.01. The Kier molecular flexibility index (Phi) is 2.19. The molecule has 11 nitrogen and oxygen atoms in total. The van der Waals surface area contributed by atoms with E-state index in [1.165, 1.54) is 0 Å². The van der Waals surface area contributed by atoms with Crippen molar-refractivity contribution >= 4 is 5.95 Å². The number of nitrogens with zero attached hydrogens (tertiary/aromatic N) is 6. The lowest BCUT2D eigenvalue weighted by atomic mass is 10.2. The minimum absolute atomic E-state index is 0.137. The van der Waals surface area contributed by atoms with Crippen LogP contribution in [-0.2, 0) is 0 Å². The average Bonchev–Trinajstić information content (AvgIpc) is 2.64. The number of nitrogens with one attached hydrogen (secondary N) is 1. The minimum Gasteiger partial charge on any atom is -0.324 e. The summed E-state index contributed by atoms with van der Waals surface area (Å²) in [5.41, 5.74) is -0.350. The summed E-state index contributed by atoms with van der Waals surface area (Å²) < 4.78 is 1.01. The molecule has 0 fully saturated rings. The van der Waals surface area contributed by atoms with Crippen molar-refractivity contribution in [3.63, 3.8) is 0 Å². The van der Waals surface area contributed by atoms with E-state index in [2.05, 4.69) is 20.8 Å². The van der Waals surface area contributed by atoms with Crippen LogP contribution in [0.15, 0.2) is 11.9 Å². The smallest absolute Gasteiger partial charge is 0.293 e. The molecule has 0 saturated carbocycles. The van der Waals surface area contributed by atoms with Gasteiger partial charge in [-0.2, -0.15) is 4.68 Å². The number of rotatable bonds is 3. The Morgan fingerprint density at radius 3 is 2.88 bits per heavy atom. The van der Waals surface area contributed by atoms with E-state index >= 15 is 0 Å². The molecular formula is C5H5N7O4. The van der Waals surface area contributed by atoms with Crippen LogP contribution >= 0.6 is 0 Å². The second-order valence-electron chi connectivity index (χ2n) is 2.95. The predicted octanol–water partition coefficient (Wildman–Crippen LogP) is -0.966. The van der Waals surface area contributed by atoms with Crippen LogP contribution in [0.3, 0.4) is 0 Å². The highest BCUT2D eigenvalue weighted by Gasteiger charge is 2.37. The zero-order valence-electron chi connectivity index (χ0n) is 7.68. The van der Waals surface area contributed by atoms with Gasteiger partial charge < -0.3 is 5.32 Å². The first-order valence-electron chi connectivity index (χ1n) is 4.10. The van der Waals surface area contributed by atoms with E-state index in [1.54, 1.807) is 0 Å². The number of hydrogen-bond acceptors (Lipinski definition) is 8. The molecule has 1 aliphatic heterocycles. The number of tetrazole rings is 1. The fourth-order valence-corrected chi connectivity index (χ4v) is 1.35. The highest BCUT2D eigenvalue weighted by Crippen LogP contribution is 2.24. The van der Waals surface area contributed by atoms with Crippen molar-refractivity contribution in [3.8, 4) is 0 Å². The Morgan fingerprint density at radius 1 is 1.50 bits per heavy atom. The molecular weight excluding hydrogens is 222 g/mol. The molecule has 0 aliphatic carbocycles. The highest BCUT2D eigenvalue weighted by molar-refractivity contribution is 5.33. The molecule has 0 amide bonds. The third-order valence-corrected chi connectivity index (χ3v) is 2.01. The molecule has 1 aromatic heterocycles. The summed E-state index contributed by atoms with van der Waals surface area (Å²) in [5.74, 6) is 0.137. The molecule has 1 aromatic rings. The molecule has 11 heteroatoms. The molecule has 0 aromatic carbocycles. The van der Waals surface area contributed by atoms with Gasteiger partial charge in [-0.15, -0.1) is 0 Å². The molecule has 2 rings (SSSR count). The Bertz CT molecular complexity index is 479. The second-order valence-corrected chi connectivity index (χ2v) is 2.95. The van der Waals surface area contributed by atoms with Crippen molar-refractivity contribution < 1.29 is 9.85 Å². The summed E-state index contributed by atoms with van der Waals surface area (Å²) in [5, 5.41) is 33.8. The van der Waals surface area contributed by atoms with Crippen molar-refractivity contribution in [2.24, 2.45) is 0 Å². The molecule has 2 heterocycles. The molecule has 1 aliphatic rings. The Labute approximate surface area is 87.0 Å². The Balaban J connectivity index is 2.39. The summed E-state index contributed by atoms with van der Waals surface area (Å²) in [7, 11) is 0. The zero-order valence-corrected chi connectivity index (χ0v) is 7.68. The standard InChI is InChI=1S/C5H5N7O4/c13-10(14)2-4-3(12(15)16)1-6-5-7-8-9-11(4)5/h1,4H,2H2,(H,6,7,9). The van der Waals surface area contributed by atoms with Crippen LogP contribution in [0.5, 0.6) is 0 Å². The van der Waals surface area contributed by atoms with E-state index in [0.29, 0.717) is 0 Å². The SMILES string of the molecule is O=[N+]([O-])CC1C([N+](=O)[O-])=CNc2nnnn21. The van der Waals surface area contributed by atoms with Gasteiger partial charge in [0.05, 0.1) is 11.1 Å². The van der Waals surface area contributed by atoms with Crippen LogP contribution in [0, 0.1) is 20.2 Å². The maximum atomic E-state index is 10.7. The summed E-state index contributed by atoms with van der Waals surface area (Å²) in [6, 6.07) is -1.10. The van der Waals surface area contributed by atoms with E-state index in [0.717, 1.165) is 10.9 Å².